The van der Waals surface area contributed by atoms with Gasteiger partial charge in [0.2, 0.25) is 5.88 Å². The quantitative estimate of drug-likeness (QED) is 0.692. The van der Waals surface area contributed by atoms with E-state index in [1.807, 2.05) is 24.3 Å². The van der Waals surface area contributed by atoms with Crippen molar-refractivity contribution in [1.82, 2.24) is 14.5 Å². The molecule has 0 amide bonds. The fourth-order valence-electron chi connectivity index (χ4n) is 2.53. The van der Waals surface area contributed by atoms with Gasteiger partial charge in [-0.05, 0) is 30.2 Å². The molecule has 0 aliphatic rings. The van der Waals surface area contributed by atoms with E-state index in [2.05, 4.69) is 27.5 Å². The molecule has 0 saturated carbocycles. The summed E-state index contributed by atoms with van der Waals surface area (Å²) in [5.74, 6) is 1.87. The van der Waals surface area contributed by atoms with E-state index < -0.39 is 0 Å². The number of ether oxygens (including phenoxy) is 1. The number of aryl methyl sites for hydroxylation is 1. The number of hydrogen-bond acceptors (Lipinski definition) is 3. The van der Waals surface area contributed by atoms with E-state index in [0.717, 1.165) is 22.4 Å². The SMILES string of the molecule is COc1cc(Cn2c(CCl)nc3cccc(C)c32)ccn1. The zero-order valence-corrected chi connectivity index (χ0v) is 12.8. The number of hydrogen-bond donors (Lipinski definition) is 0. The molecule has 2 heterocycles. The van der Waals surface area contributed by atoms with Crippen LogP contribution in [0.3, 0.4) is 0 Å². The second-order valence-corrected chi connectivity index (χ2v) is 5.16. The van der Waals surface area contributed by atoms with Crippen LogP contribution in [0.25, 0.3) is 11.0 Å². The van der Waals surface area contributed by atoms with Gasteiger partial charge in [0.15, 0.2) is 0 Å². The molecule has 5 heteroatoms. The van der Waals surface area contributed by atoms with E-state index in [0.29, 0.717) is 18.3 Å². The smallest absolute Gasteiger partial charge is 0.213 e. The second kappa shape index (κ2) is 5.74. The molecule has 0 aliphatic carbocycles. The van der Waals surface area contributed by atoms with Crippen molar-refractivity contribution in [2.45, 2.75) is 19.3 Å². The van der Waals surface area contributed by atoms with Crippen molar-refractivity contribution in [2.75, 3.05) is 7.11 Å². The zero-order chi connectivity index (χ0) is 14.8. The van der Waals surface area contributed by atoms with Gasteiger partial charge in [-0.25, -0.2) is 9.97 Å². The Morgan fingerprint density at radius 2 is 2.14 bits per heavy atom. The highest BCUT2D eigenvalue weighted by Gasteiger charge is 2.12. The minimum absolute atomic E-state index is 0.385. The number of alkyl halides is 1. The van der Waals surface area contributed by atoms with Crippen LogP contribution in [-0.2, 0) is 12.4 Å². The molecule has 2 aromatic heterocycles. The van der Waals surface area contributed by atoms with Gasteiger partial charge in [0.05, 0.1) is 24.0 Å². The number of rotatable bonds is 4. The number of aromatic nitrogens is 3. The third-order valence-corrected chi connectivity index (χ3v) is 3.76. The predicted molar refractivity (Wildman–Crippen MR) is 83.9 cm³/mol. The lowest BCUT2D eigenvalue weighted by molar-refractivity contribution is 0.397. The topological polar surface area (TPSA) is 39.9 Å². The molecule has 0 fully saturated rings. The largest absolute Gasteiger partial charge is 0.481 e. The Bertz CT molecular complexity index is 782. The molecule has 21 heavy (non-hydrogen) atoms. The summed E-state index contributed by atoms with van der Waals surface area (Å²) < 4.78 is 7.34. The molecular formula is C16H16ClN3O. The summed E-state index contributed by atoms with van der Waals surface area (Å²) in [5.41, 5.74) is 4.41. The van der Waals surface area contributed by atoms with Gasteiger partial charge >= 0.3 is 0 Å². The Balaban J connectivity index is 2.10. The molecule has 0 spiro atoms. The lowest BCUT2D eigenvalue weighted by Crippen LogP contribution is -2.05. The summed E-state index contributed by atoms with van der Waals surface area (Å²) in [7, 11) is 1.62. The molecule has 4 nitrogen and oxygen atoms in total. The number of pyridine rings is 1. The maximum atomic E-state index is 6.06. The molecule has 0 bridgehead atoms. The Morgan fingerprint density at radius 3 is 2.90 bits per heavy atom. The Hall–Kier alpha value is -2.07. The third-order valence-electron chi connectivity index (χ3n) is 3.52. The van der Waals surface area contributed by atoms with Crippen molar-refractivity contribution in [3.05, 3.63) is 53.5 Å². The predicted octanol–water partition coefficient (Wildman–Crippen LogP) is 3.54. The number of benzene rings is 1. The lowest BCUT2D eigenvalue weighted by atomic mass is 10.2. The van der Waals surface area contributed by atoms with Crippen molar-refractivity contribution >= 4 is 22.6 Å². The third kappa shape index (κ3) is 2.59. The van der Waals surface area contributed by atoms with Crippen molar-refractivity contribution in [3.8, 4) is 5.88 Å². The van der Waals surface area contributed by atoms with E-state index in [1.54, 1.807) is 13.3 Å². The van der Waals surface area contributed by atoms with E-state index in [9.17, 15) is 0 Å². The first-order chi connectivity index (χ1) is 10.2. The van der Waals surface area contributed by atoms with Crippen LogP contribution in [0.4, 0.5) is 0 Å². The molecule has 3 aromatic rings. The molecule has 0 unspecified atom stereocenters. The first kappa shape index (κ1) is 13.9. The van der Waals surface area contributed by atoms with Crippen LogP contribution in [0.5, 0.6) is 5.88 Å². The number of methoxy groups -OCH3 is 1. The van der Waals surface area contributed by atoms with Gasteiger partial charge in [-0.2, -0.15) is 0 Å². The van der Waals surface area contributed by atoms with E-state index in [4.69, 9.17) is 16.3 Å². The molecule has 108 valence electrons. The standard InChI is InChI=1S/C16H16ClN3O/c1-11-4-3-5-13-16(11)20(14(9-17)19-13)10-12-6-7-18-15(8-12)21-2/h3-8H,9-10H2,1-2H3. The van der Waals surface area contributed by atoms with Gasteiger partial charge in [0.25, 0.3) is 0 Å². The molecular weight excluding hydrogens is 286 g/mol. The summed E-state index contributed by atoms with van der Waals surface area (Å²) >= 11 is 6.06. The molecule has 1 aromatic carbocycles. The summed E-state index contributed by atoms with van der Waals surface area (Å²) in [6.07, 6.45) is 1.75. The summed E-state index contributed by atoms with van der Waals surface area (Å²) in [6, 6.07) is 10.0. The Morgan fingerprint density at radius 1 is 1.29 bits per heavy atom. The van der Waals surface area contributed by atoms with Crippen LogP contribution in [0.2, 0.25) is 0 Å². The lowest BCUT2D eigenvalue weighted by Gasteiger charge is -2.10. The average molecular weight is 302 g/mol. The maximum absolute atomic E-state index is 6.06. The zero-order valence-electron chi connectivity index (χ0n) is 12.0. The van der Waals surface area contributed by atoms with Gasteiger partial charge in [-0.3, -0.25) is 0 Å². The van der Waals surface area contributed by atoms with Crippen molar-refractivity contribution < 1.29 is 4.74 Å². The van der Waals surface area contributed by atoms with Gasteiger partial charge in [-0.15, -0.1) is 11.6 Å². The van der Waals surface area contributed by atoms with Crippen LogP contribution in [0, 0.1) is 6.92 Å². The highest BCUT2D eigenvalue weighted by atomic mass is 35.5. The molecule has 0 atom stereocenters. The van der Waals surface area contributed by atoms with E-state index in [1.165, 1.54) is 5.56 Å². The number of para-hydroxylation sites is 1. The number of fused-ring (bicyclic) bond motifs is 1. The fourth-order valence-corrected chi connectivity index (χ4v) is 2.73. The average Bonchev–Trinajstić information content (AvgIpc) is 2.86. The van der Waals surface area contributed by atoms with Crippen molar-refractivity contribution in [3.63, 3.8) is 0 Å². The highest BCUT2D eigenvalue weighted by Crippen LogP contribution is 2.23. The van der Waals surface area contributed by atoms with Gasteiger partial charge < -0.3 is 9.30 Å². The molecule has 3 rings (SSSR count). The number of imidazole rings is 1. The first-order valence-electron chi connectivity index (χ1n) is 6.72. The fraction of sp³-hybridized carbons (Fsp3) is 0.250. The van der Waals surface area contributed by atoms with Gasteiger partial charge in [-0.1, -0.05) is 12.1 Å². The van der Waals surface area contributed by atoms with Gasteiger partial charge in [0.1, 0.15) is 5.82 Å². The van der Waals surface area contributed by atoms with E-state index in [-0.39, 0.29) is 0 Å². The minimum atomic E-state index is 0.385. The Kier molecular flexibility index (Phi) is 3.80. The van der Waals surface area contributed by atoms with Crippen LogP contribution in [-0.4, -0.2) is 21.6 Å². The highest BCUT2D eigenvalue weighted by molar-refractivity contribution is 6.16. The van der Waals surface area contributed by atoms with E-state index >= 15 is 0 Å². The molecule has 0 aliphatic heterocycles. The Labute approximate surface area is 128 Å². The van der Waals surface area contributed by atoms with Crippen LogP contribution in [0.1, 0.15) is 17.0 Å². The first-order valence-corrected chi connectivity index (χ1v) is 7.26. The molecule has 0 radical (unpaired) electrons. The molecule has 0 N–H and O–H groups in total. The summed E-state index contributed by atoms with van der Waals surface area (Å²) in [5, 5.41) is 0. The summed E-state index contributed by atoms with van der Waals surface area (Å²) in [6.45, 7) is 2.79. The minimum Gasteiger partial charge on any atom is -0.481 e. The van der Waals surface area contributed by atoms with Crippen molar-refractivity contribution in [2.24, 2.45) is 0 Å². The van der Waals surface area contributed by atoms with Crippen LogP contribution >= 0.6 is 11.6 Å². The monoisotopic (exact) mass is 301 g/mol. The normalized spacial score (nSPS) is 11.0. The van der Waals surface area contributed by atoms with Crippen molar-refractivity contribution in [1.29, 1.82) is 0 Å². The van der Waals surface area contributed by atoms with Crippen LogP contribution < -0.4 is 4.74 Å². The maximum Gasteiger partial charge on any atom is 0.213 e. The number of halogens is 1. The van der Waals surface area contributed by atoms with Crippen LogP contribution in [0.15, 0.2) is 36.5 Å². The van der Waals surface area contributed by atoms with Gasteiger partial charge in [0, 0.05) is 18.8 Å². The second-order valence-electron chi connectivity index (χ2n) is 4.90. The summed E-state index contributed by atoms with van der Waals surface area (Å²) in [4.78, 5) is 8.75. The molecule has 0 saturated heterocycles. The number of nitrogens with zero attached hydrogens (tertiary/aromatic N) is 3.